The van der Waals surface area contributed by atoms with E-state index in [0.717, 1.165) is 11.1 Å². The van der Waals surface area contributed by atoms with Gasteiger partial charge in [-0.3, -0.25) is 0 Å². The van der Waals surface area contributed by atoms with Crippen LogP contribution in [-0.4, -0.2) is 54.4 Å². The average Bonchev–Trinajstić information content (AvgIpc) is 2.91. The normalized spacial score (nSPS) is 17.9. The predicted molar refractivity (Wildman–Crippen MR) is 130 cm³/mol. The number of carbonyl (C=O) groups is 1. The topological polar surface area (TPSA) is 68.2 Å². The number of ether oxygens (including phenoxy) is 3. The van der Waals surface area contributed by atoms with Crippen LogP contribution in [0, 0.1) is 0 Å². The Morgan fingerprint density at radius 2 is 1.47 bits per heavy atom. The Labute approximate surface area is 209 Å². The largest absolute Gasteiger partial charge is 0.487 e. The van der Waals surface area contributed by atoms with Crippen molar-refractivity contribution >= 4 is 6.09 Å². The van der Waals surface area contributed by atoms with Crippen molar-refractivity contribution in [3.05, 3.63) is 96.1 Å². The smallest absolute Gasteiger partial charge is 0.410 e. The van der Waals surface area contributed by atoms with Gasteiger partial charge in [-0.25, -0.2) is 4.79 Å². The molecule has 1 fully saturated rings. The van der Waals surface area contributed by atoms with Gasteiger partial charge in [0, 0.05) is 12.5 Å². The van der Waals surface area contributed by atoms with Crippen LogP contribution >= 0.6 is 0 Å². The van der Waals surface area contributed by atoms with E-state index in [0.29, 0.717) is 24.5 Å². The number of likely N-dealkylation sites (tertiary alicyclic amines) is 1. The minimum absolute atomic E-state index is 0.157. The molecule has 0 bridgehead atoms. The van der Waals surface area contributed by atoms with Crippen molar-refractivity contribution in [3.8, 4) is 11.5 Å². The Hall–Kier alpha value is -3.65. The van der Waals surface area contributed by atoms with Gasteiger partial charge in [0.25, 0.3) is 0 Å². The van der Waals surface area contributed by atoms with E-state index in [2.05, 4.69) is 0 Å². The molecule has 1 heterocycles. The zero-order valence-electron chi connectivity index (χ0n) is 19.8. The van der Waals surface area contributed by atoms with E-state index in [4.69, 9.17) is 14.2 Å². The number of piperidine rings is 1. The molecule has 190 valence electrons. The quantitative estimate of drug-likeness (QED) is 0.437. The maximum atomic E-state index is 14.1. The molecule has 36 heavy (non-hydrogen) atoms. The van der Waals surface area contributed by atoms with Gasteiger partial charge in [0.1, 0.15) is 18.1 Å². The van der Waals surface area contributed by atoms with Crippen LogP contribution < -0.4 is 9.47 Å². The Kier molecular flexibility index (Phi) is 8.38. The summed E-state index contributed by atoms with van der Waals surface area (Å²) in [5.74, 6) is -2.67. The average molecular weight is 498 g/mol. The fourth-order valence-corrected chi connectivity index (χ4v) is 4.04. The number of aliphatic hydroxyl groups excluding tert-OH is 1. The zero-order valence-corrected chi connectivity index (χ0v) is 19.8. The first kappa shape index (κ1) is 25.4. The molecule has 4 rings (SSSR count). The van der Waals surface area contributed by atoms with Crippen LogP contribution in [0.3, 0.4) is 0 Å². The fraction of sp³-hybridized carbons (Fsp3) is 0.321. The van der Waals surface area contributed by atoms with E-state index in [1.165, 1.54) is 4.90 Å². The number of aliphatic hydroxyl groups is 1. The van der Waals surface area contributed by atoms with Gasteiger partial charge < -0.3 is 24.2 Å². The molecule has 3 aromatic carbocycles. The van der Waals surface area contributed by atoms with E-state index < -0.39 is 31.3 Å². The molecule has 1 aliphatic rings. The lowest BCUT2D eigenvalue weighted by Gasteiger charge is -2.35. The number of halogens is 2. The number of rotatable bonds is 9. The Morgan fingerprint density at radius 3 is 2.08 bits per heavy atom. The minimum Gasteiger partial charge on any atom is -0.487 e. The summed E-state index contributed by atoms with van der Waals surface area (Å²) in [4.78, 5) is 13.9. The highest BCUT2D eigenvalue weighted by atomic mass is 19.3. The van der Waals surface area contributed by atoms with E-state index in [1.807, 2.05) is 30.3 Å². The third kappa shape index (κ3) is 7.18. The molecular weight excluding hydrogens is 468 g/mol. The summed E-state index contributed by atoms with van der Waals surface area (Å²) in [5.41, 5.74) is 1.75. The number of hydrogen-bond acceptors (Lipinski definition) is 5. The van der Waals surface area contributed by atoms with Crippen molar-refractivity contribution in [2.75, 3.05) is 26.3 Å². The van der Waals surface area contributed by atoms with E-state index >= 15 is 0 Å². The van der Waals surface area contributed by atoms with Crippen molar-refractivity contribution in [2.45, 2.75) is 31.0 Å². The predicted octanol–water partition coefficient (Wildman–Crippen LogP) is 5.27. The van der Waals surface area contributed by atoms with Crippen molar-refractivity contribution in [1.82, 2.24) is 4.90 Å². The van der Waals surface area contributed by atoms with Gasteiger partial charge in [-0.15, -0.1) is 0 Å². The van der Waals surface area contributed by atoms with Gasteiger partial charge in [0.15, 0.2) is 13.2 Å². The highest BCUT2D eigenvalue weighted by Gasteiger charge is 2.33. The number of nitrogens with zero attached hydrogens (tertiary/aromatic N) is 1. The van der Waals surface area contributed by atoms with Gasteiger partial charge >= 0.3 is 12.0 Å². The number of amides is 1. The van der Waals surface area contributed by atoms with E-state index in [1.54, 1.807) is 54.6 Å². The Balaban J connectivity index is 1.23. The number of carbonyl (C=O) groups excluding carboxylic acids is 1. The first-order chi connectivity index (χ1) is 17.4. The molecule has 2 unspecified atom stereocenters. The van der Waals surface area contributed by atoms with Gasteiger partial charge in [0.05, 0.1) is 12.6 Å². The molecule has 0 aliphatic carbocycles. The summed E-state index contributed by atoms with van der Waals surface area (Å²) < 4.78 is 44.1. The molecule has 8 heteroatoms. The molecule has 1 aliphatic heterocycles. The Bertz CT molecular complexity index is 1100. The molecular formula is C28H29F2NO5. The summed E-state index contributed by atoms with van der Waals surface area (Å²) in [5, 5.41) is 10.7. The number of alkyl halides is 2. The summed E-state index contributed by atoms with van der Waals surface area (Å²) in [6.07, 6.45) is -0.678. The first-order valence-electron chi connectivity index (χ1n) is 11.8. The van der Waals surface area contributed by atoms with Crippen LogP contribution in [0.1, 0.15) is 23.5 Å². The van der Waals surface area contributed by atoms with Crippen molar-refractivity contribution in [3.63, 3.8) is 0 Å². The van der Waals surface area contributed by atoms with E-state index in [-0.39, 0.29) is 19.1 Å². The van der Waals surface area contributed by atoms with Gasteiger partial charge in [-0.1, -0.05) is 60.7 Å². The summed E-state index contributed by atoms with van der Waals surface area (Å²) in [6.45, 7) is -0.821. The molecule has 3 aromatic rings. The van der Waals surface area contributed by atoms with Crippen molar-refractivity contribution in [1.29, 1.82) is 0 Å². The second kappa shape index (κ2) is 11.9. The van der Waals surface area contributed by atoms with Gasteiger partial charge in [0.2, 0.25) is 0 Å². The molecule has 0 aromatic heterocycles. The SMILES string of the molecule is O=C(OCc1ccccc1)N1CCC(c2ccc(OCC(F)(F)COc3ccccc3)cc2)C(O)C1. The standard InChI is InChI=1S/C28H29F2NO5/c29-28(30,19-35-23-9-5-2-6-10-23)20-36-24-13-11-22(12-14-24)25-15-16-31(17-26(25)32)27(33)34-18-21-7-3-1-4-8-21/h1-14,25-26,32H,15-20H2. The third-order valence-corrected chi connectivity index (χ3v) is 6.00. The lowest BCUT2D eigenvalue weighted by molar-refractivity contribution is -0.0728. The number of benzene rings is 3. The monoisotopic (exact) mass is 497 g/mol. The molecule has 6 nitrogen and oxygen atoms in total. The fourth-order valence-electron chi connectivity index (χ4n) is 4.04. The van der Waals surface area contributed by atoms with Crippen LogP contribution in [-0.2, 0) is 11.3 Å². The number of β-amino-alcohol motifs (C(OH)–C–C–N with tert-alkyl or cyclic N) is 1. The highest BCUT2D eigenvalue weighted by molar-refractivity contribution is 5.68. The minimum atomic E-state index is -3.16. The van der Waals surface area contributed by atoms with Crippen LogP contribution in [0.25, 0.3) is 0 Å². The molecule has 1 saturated heterocycles. The van der Waals surface area contributed by atoms with Crippen LogP contribution in [0.5, 0.6) is 11.5 Å². The molecule has 0 spiro atoms. The third-order valence-electron chi connectivity index (χ3n) is 6.00. The number of para-hydroxylation sites is 1. The van der Waals surface area contributed by atoms with Crippen molar-refractivity contribution < 1.29 is 32.9 Å². The van der Waals surface area contributed by atoms with Crippen LogP contribution in [0.4, 0.5) is 13.6 Å². The first-order valence-corrected chi connectivity index (χ1v) is 11.8. The van der Waals surface area contributed by atoms with E-state index in [9.17, 15) is 18.7 Å². The van der Waals surface area contributed by atoms with Gasteiger partial charge in [-0.2, -0.15) is 8.78 Å². The summed E-state index contributed by atoms with van der Waals surface area (Å²) >= 11 is 0. The second-order valence-corrected chi connectivity index (χ2v) is 8.76. The summed E-state index contributed by atoms with van der Waals surface area (Å²) in [7, 11) is 0. The second-order valence-electron chi connectivity index (χ2n) is 8.76. The molecule has 1 amide bonds. The van der Waals surface area contributed by atoms with Crippen LogP contribution in [0.15, 0.2) is 84.9 Å². The molecule has 2 atom stereocenters. The zero-order chi connectivity index (χ0) is 25.4. The maximum Gasteiger partial charge on any atom is 0.410 e. The van der Waals surface area contributed by atoms with Crippen LogP contribution in [0.2, 0.25) is 0 Å². The van der Waals surface area contributed by atoms with Crippen molar-refractivity contribution in [2.24, 2.45) is 0 Å². The lowest BCUT2D eigenvalue weighted by atomic mass is 9.87. The molecule has 1 N–H and O–H groups in total. The molecule has 0 saturated carbocycles. The highest BCUT2D eigenvalue weighted by Crippen LogP contribution is 2.30. The Morgan fingerprint density at radius 1 is 0.889 bits per heavy atom. The lowest BCUT2D eigenvalue weighted by Crippen LogP contribution is -2.45. The summed E-state index contributed by atoms with van der Waals surface area (Å²) in [6, 6.07) is 24.6. The van der Waals surface area contributed by atoms with Gasteiger partial charge in [-0.05, 0) is 41.8 Å². The number of hydrogen-bond donors (Lipinski definition) is 1. The maximum absolute atomic E-state index is 14.1. The molecule has 0 radical (unpaired) electrons.